The van der Waals surface area contributed by atoms with E-state index >= 15 is 0 Å². The lowest BCUT2D eigenvalue weighted by molar-refractivity contribution is -0.145. The predicted molar refractivity (Wildman–Crippen MR) is 71.1 cm³/mol. The van der Waals surface area contributed by atoms with Crippen molar-refractivity contribution in [1.82, 2.24) is 4.90 Å². The molecule has 0 bridgehead atoms. The van der Waals surface area contributed by atoms with Crippen LogP contribution in [0.4, 0.5) is 0 Å². The summed E-state index contributed by atoms with van der Waals surface area (Å²) in [6.07, 6.45) is 3.12. The van der Waals surface area contributed by atoms with Gasteiger partial charge < -0.3 is 14.7 Å². The van der Waals surface area contributed by atoms with Gasteiger partial charge in [0.1, 0.15) is 6.61 Å². The van der Waals surface area contributed by atoms with Gasteiger partial charge >= 0.3 is 5.97 Å². The number of hydrogen-bond donors (Lipinski definition) is 1. The summed E-state index contributed by atoms with van der Waals surface area (Å²) >= 11 is 1.81. The van der Waals surface area contributed by atoms with E-state index in [1.54, 1.807) is 11.3 Å². The lowest BCUT2D eigenvalue weighted by Crippen LogP contribution is -2.38. The third-order valence-electron chi connectivity index (χ3n) is 3.23. The molecule has 1 aliphatic heterocycles. The van der Waals surface area contributed by atoms with E-state index in [4.69, 9.17) is 9.84 Å². The summed E-state index contributed by atoms with van der Waals surface area (Å²) in [7, 11) is 0. The molecule has 0 spiro atoms. The van der Waals surface area contributed by atoms with Crippen LogP contribution in [-0.4, -0.2) is 48.3 Å². The topological polar surface area (TPSA) is 49.8 Å². The van der Waals surface area contributed by atoms with E-state index in [0.717, 1.165) is 38.9 Å². The molecule has 1 N–H and O–H groups in total. The zero-order valence-corrected chi connectivity index (χ0v) is 11.2. The fourth-order valence-electron chi connectivity index (χ4n) is 2.21. The largest absolute Gasteiger partial charge is 0.480 e. The molecule has 1 fully saturated rings. The van der Waals surface area contributed by atoms with Gasteiger partial charge in [0.15, 0.2) is 0 Å². The van der Waals surface area contributed by atoms with E-state index in [9.17, 15) is 4.79 Å². The Morgan fingerprint density at radius 2 is 2.28 bits per heavy atom. The van der Waals surface area contributed by atoms with Crippen molar-refractivity contribution in [3.63, 3.8) is 0 Å². The van der Waals surface area contributed by atoms with Gasteiger partial charge in [0, 0.05) is 24.5 Å². The molecule has 2 heterocycles. The smallest absolute Gasteiger partial charge is 0.329 e. The summed E-state index contributed by atoms with van der Waals surface area (Å²) in [6, 6.07) is 4.26. The molecule has 0 saturated carbocycles. The number of carboxylic acids is 1. The van der Waals surface area contributed by atoms with Crippen LogP contribution in [0.1, 0.15) is 17.7 Å². The quantitative estimate of drug-likeness (QED) is 0.856. The number of aliphatic carboxylic acids is 1. The van der Waals surface area contributed by atoms with Crippen LogP contribution in [0.25, 0.3) is 0 Å². The number of carboxylic acid groups (broad SMARTS) is 1. The van der Waals surface area contributed by atoms with Crippen molar-refractivity contribution in [2.75, 3.05) is 26.2 Å². The Balaban J connectivity index is 1.62. The maximum atomic E-state index is 10.4. The minimum Gasteiger partial charge on any atom is -0.480 e. The molecular weight excluding hydrogens is 250 g/mol. The Hall–Kier alpha value is -0.910. The summed E-state index contributed by atoms with van der Waals surface area (Å²) < 4.78 is 5.32. The SMILES string of the molecule is O=C(O)COC1CCN(CCc2cccs2)CC1. The molecule has 4 nitrogen and oxygen atoms in total. The van der Waals surface area contributed by atoms with E-state index < -0.39 is 5.97 Å². The monoisotopic (exact) mass is 269 g/mol. The number of hydrogen-bond acceptors (Lipinski definition) is 4. The Morgan fingerprint density at radius 3 is 2.89 bits per heavy atom. The number of carbonyl (C=O) groups is 1. The molecule has 1 aromatic rings. The van der Waals surface area contributed by atoms with Crippen molar-refractivity contribution in [2.45, 2.75) is 25.4 Å². The first-order valence-electron chi connectivity index (χ1n) is 6.32. The first kappa shape index (κ1) is 13.5. The highest BCUT2D eigenvalue weighted by Crippen LogP contribution is 2.15. The highest BCUT2D eigenvalue weighted by atomic mass is 32.1. The molecule has 100 valence electrons. The molecule has 0 aliphatic carbocycles. The average Bonchev–Trinajstić information content (AvgIpc) is 2.88. The van der Waals surface area contributed by atoms with Crippen molar-refractivity contribution in [2.24, 2.45) is 0 Å². The molecule has 0 amide bonds. The van der Waals surface area contributed by atoms with Crippen molar-refractivity contribution >= 4 is 17.3 Å². The molecular formula is C13H19NO3S. The van der Waals surface area contributed by atoms with E-state index in [2.05, 4.69) is 22.4 Å². The Bertz CT molecular complexity index is 358. The fourth-order valence-corrected chi connectivity index (χ4v) is 2.91. The first-order chi connectivity index (χ1) is 8.74. The summed E-state index contributed by atoms with van der Waals surface area (Å²) in [5, 5.41) is 10.7. The first-order valence-corrected chi connectivity index (χ1v) is 7.20. The number of thiophene rings is 1. The van der Waals surface area contributed by atoms with Gasteiger partial charge in [-0.1, -0.05) is 6.07 Å². The van der Waals surface area contributed by atoms with Gasteiger partial charge in [-0.05, 0) is 30.7 Å². The number of likely N-dealkylation sites (tertiary alicyclic amines) is 1. The minimum atomic E-state index is -0.880. The van der Waals surface area contributed by atoms with Crippen molar-refractivity contribution in [1.29, 1.82) is 0 Å². The second-order valence-corrected chi connectivity index (χ2v) is 5.61. The number of piperidine rings is 1. The zero-order valence-electron chi connectivity index (χ0n) is 10.4. The number of ether oxygens (including phenoxy) is 1. The molecule has 1 saturated heterocycles. The van der Waals surface area contributed by atoms with Crippen LogP contribution in [0.5, 0.6) is 0 Å². The third-order valence-corrected chi connectivity index (χ3v) is 4.17. The summed E-state index contributed by atoms with van der Waals surface area (Å²) in [4.78, 5) is 14.3. The molecule has 0 atom stereocenters. The molecule has 18 heavy (non-hydrogen) atoms. The average molecular weight is 269 g/mol. The van der Waals surface area contributed by atoms with Crippen LogP contribution >= 0.6 is 11.3 Å². The predicted octanol–water partition coefficient (Wildman–Crippen LogP) is 1.86. The van der Waals surface area contributed by atoms with E-state index in [-0.39, 0.29) is 12.7 Å². The van der Waals surface area contributed by atoms with E-state index in [0.29, 0.717) is 0 Å². The molecule has 1 aromatic heterocycles. The molecule has 0 radical (unpaired) electrons. The summed E-state index contributed by atoms with van der Waals surface area (Å²) in [5.41, 5.74) is 0. The zero-order chi connectivity index (χ0) is 12.8. The molecule has 5 heteroatoms. The lowest BCUT2D eigenvalue weighted by atomic mass is 10.1. The maximum Gasteiger partial charge on any atom is 0.329 e. The molecule has 0 unspecified atom stereocenters. The summed E-state index contributed by atoms with van der Waals surface area (Å²) in [5.74, 6) is -0.880. The van der Waals surface area contributed by atoms with Crippen LogP contribution in [-0.2, 0) is 16.0 Å². The number of nitrogens with zero attached hydrogens (tertiary/aromatic N) is 1. The Kier molecular flexibility index (Phi) is 5.16. The van der Waals surface area contributed by atoms with Crippen LogP contribution < -0.4 is 0 Å². The van der Waals surface area contributed by atoms with Crippen LogP contribution in [0.2, 0.25) is 0 Å². The third kappa shape index (κ3) is 4.40. The molecule has 2 rings (SSSR count). The van der Waals surface area contributed by atoms with Gasteiger partial charge in [-0.15, -0.1) is 11.3 Å². The molecule has 1 aliphatic rings. The van der Waals surface area contributed by atoms with Crippen LogP contribution in [0, 0.1) is 0 Å². The van der Waals surface area contributed by atoms with E-state index in [1.807, 2.05) is 0 Å². The van der Waals surface area contributed by atoms with Gasteiger partial charge in [-0.25, -0.2) is 4.79 Å². The molecule has 0 aromatic carbocycles. The highest BCUT2D eigenvalue weighted by Gasteiger charge is 2.20. The second-order valence-electron chi connectivity index (χ2n) is 4.58. The number of rotatable bonds is 6. The summed E-state index contributed by atoms with van der Waals surface area (Å²) in [6.45, 7) is 2.94. The minimum absolute atomic E-state index is 0.124. The van der Waals surface area contributed by atoms with Gasteiger partial charge in [-0.3, -0.25) is 0 Å². The van der Waals surface area contributed by atoms with Crippen molar-refractivity contribution < 1.29 is 14.6 Å². The lowest BCUT2D eigenvalue weighted by Gasteiger charge is -2.31. The van der Waals surface area contributed by atoms with Gasteiger partial charge in [0.25, 0.3) is 0 Å². The Labute approximate surface area is 111 Å². The van der Waals surface area contributed by atoms with Crippen molar-refractivity contribution in [3.05, 3.63) is 22.4 Å². The van der Waals surface area contributed by atoms with Gasteiger partial charge in [-0.2, -0.15) is 0 Å². The van der Waals surface area contributed by atoms with Crippen LogP contribution in [0.3, 0.4) is 0 Å². The van der Waals surface area contributed by atoms with Crippen LogP contribution in [0.15, 0.2) is 17.5 Å². The highest BCUT2D eigenvalue weighted by molar-refractivity contribution is 7.09. The normalized spacial score (nSPS) is 18.0. The van der Waals surface area contributed by atoms with E-state index in [1.165, 1.54) is 4.88 Å². The standard InChI is InChI=1S/C13H19NO3S/c15-13(16)10-17-11-3-6-14(7-4-11)8-5-12-2-1-9-18-12/h1-2,9,11H,3-8,10H2,(H,15,16). The maximum absolute atomic E-state index is 10.4. The fraction of sp³-hybridized carbons (Fsp3) is 0.615. The van der Waals surface area contributed by atoms with Gasteiger partial charge in [0.2, 0.25) is 0 Å². The Morgan fingerprint density at radius 1 is 1.50 bits per heavy atom. The van der Waals surface area contributed by atoms with Gasteiger partial charge in [0.05, 0.1) is 6.10 Å². The second kappa shape index (κ2) is 6.87. The van der Waals surface area contributed by atoms with Crippen molar-refractivity contribution in [3.8, 4) is 0 Å².